The van der Waals surface area contributed by atoms with E-state index in [1.807, 2.05) is 30.3 Å². The lowest BCUT2D eigenvalue weighted by Gasteiger charge is -2.20. The quantitative estimate of drug-likeness (QED) is 0.429. The molecular weight excluding hydrogens is 418 g/mol. The average molecular weight is 438 g/mol. The summed E-state index contributed by atoms with van der Waals surface area (Å²) in [5.74, 6) is 0.530. The van der Waals surface area contributed by atoms with Crippen LogP contribution in [0.2, 0.25) is 0 Å². The Morgan fingerprint density at radius 2 is 1.90 bits per heavy atom. The molecule has 152 valence electrons. The van der Waals surface area contributed by atoms with Gasteiger partial charge in [-0.15, -0.1) is 11.3 Å². The third-order valence-electron chi connectivity index (χ3n) is 4.48. The molecule has 4 aromatic rings. The van der Waals surface area contributed by atoms with Crippen LogP contribution in [0.25, 0.3) is 10.2 Å². The van der Waals surface area contributed by atoms with Gasteiger partial charge in [-0.25, -0.2) is 4.98 Å². The van der Waals surface area contributed by atoms with Crippen LogP contribution in [0.15, 0.2) is 75.7 Å². The molecule has 6 nitrogen and oxygen atoms in total. The normalized spacial score (nSPS) is 10.8. The molecule has 0 bridgehead atoms. The van der Waals surface area contributed by atoms with Gasteiger partial charge in [-0.1, -0.05) is 36.0 Å². The summed E-state index contributed by atoms with van der Waals surface area (Å²) in [7, 11) is 1.68. The zero-order valence-electron chi connectivity index (χ0n) is 16.2. The number of carbonyl (C=O) groups excluding carboxylic acids is 2. The monoisotopic (exact) mass is 437 g/mol. The second-order valence-corrected chi connectivity index (χ2v) is 8.72. The van der Waals surface area contributed by atoms with Crippen LogP contribution in [0.5, 0.6) is 0 Å². The van der Waals surface area contributed by atoms with E-state index in [0.717, 1.165) is 14.6 Å². The molecule has 1 N–H and O–H groups in total. The van der Waals surface area contributed by atoms with Gasteiger partial charge >= 0.3 is 0 Å². The molecule has 0 saturated heterocycles. The fraction of sp³-hybridized carbons (Fsp3) is 0.136. The fourth-order valence-corrected chi connectivity index (χ4v) is 4.88. The number of hydrogen-bond acceptors (Lipinski definition) is 6. The number of benzene rings is 2. The number of nitrogens with zero attached hydrogens (tertiary/aromatic N) is 2. The van der Waals surface area contributed by atoms with Crippen LogP contribution in [0.3, 0.4) is 0 Å². The lowest BCUT2D eigenvalue weighted by molar-refractivity contribution is -0.115. The molecule has 2 heterocycles. The zero-order valence-corrected chi connectivity index (χ0v) is 17.8. The highest BCUT2D eigenvalue weighted by Crippen LogP contribution is 2.30. The van der Waals surface area contributed by atoms with Gasteiger partial charge in [0.2, 0.25) is 5.91 Å². The van der Waals surface area contributed by atoms with E-state index in [2.05, 4.69) is 10.3 Å². The first-order valence-electron chi connectivity index (χ1n) is 9.26. The van der Waals surface area contributed by atoms with Crippen LogP contribution in [-0.4, -0.2) is 29.6 Å². The summed E-state index contributed by atoms with van der Waals surface area (Å²) in [4.78, 5) is 31.5. The largest absolute Gasteiger partial charge is 0.467 e. The second kappa shape index (κ2) is 9.15. The Morgan fingerprint density at radius 3 is 2.70 bits per heavy atom. The Hall–Kier alpha value is -3.10. The van der Waals surface area contributed by atoms with Crippen molar-refractivity contribution in [3.05, 3.63) is 78.3 Å². The molecule has 0 saturated carbocycles. The first-order valence-corrected chi connectivity index (χ1v) is 11.1. The Balaban J connectivity index is 1.42. The zero-order chi connectivity index (χ0) is 20.9. The maximum atomic E-state index is 12.8. The lowest BCUT2D eigenvalue weighted by Crippen LogP contribution is -2.31. The Kier molecular flexibility index (Phi) is 6.15. The van der Waals surface area contributed by atoms with E-state index in [0.29, 0.717) is 17.0 Å². The van der Waals surface area contributed by atoms with Crippen molar-refractivity contribution < 1.29 is 14.0 Å². The van der Waals surface area contributed by atoms with E-state index in [4.69, 9.17) is 4.42 Å². The molecule has 0 spiro atoms. The number of aromatic nitrogens is 1. The lowest BCUT2D eigenvalue weighted by atomic mass is 10.1. The molecule has 0 unspecified atom stereocenters. The minimum atomic E-state index is -0.263. The number of anilines is 1. The van der Waals surface area contributed by atoms with Crippen molar-refractivity contribution in [2.75, 3.05) is 17.7 Å². The molecule has 0 radical (unpaired) electrons. The van der Waals surface area contributed by atoms with E-state index >= 15 is 0 Å². The highest BCUT2D eigenvalue weighted by molar-refractivity contribution is 8.01. The van der Waals surface area contributed by atoms with Gasteiger partial charge in [0.05, 0.1) is 40.0 Å². The first kappa shape index (κ1) is 20.2. The number of thiazole rings is 1. The van der Waals surface area contributed by atoms with E-state index in [-0.39, 0.29) is 24.1 Å². The number of para-hydroxylation sites is 2. The van der Waals surface area contributed by atoms with Crippen molar-refractivity contribution in [3.8, 4) is 0 Å². The van der Waals surface area contributed by atoms with Crippen LogP contribution in [0.4, 0.5) is 5.69 Å². The van der Waals surface area contributed by atoms with Gasteiger partial charge in [0, 0.05) is 7.05 Å². The summed E-state index contributed by atoms with van der Waals surface area (Å²) >= 11 is 2.97. The number of hydrogen-bond donors (Lipinski definition) is 1. The summed E-state index contributed by atoms with van der Waals surface area (Å²) in [6.45, 7) is 0.283. The van der Waals surface area contributed by atoms with Crippen molar-refractivity contribution in [2.24, 2.45) is 0 Å². The standard InChI is InChI=1S/C22H19N3O3S2/c1-25(20(26)14-29-22-24-17-9-3-5-11-19(17)30-22)18-10-4-2-8-16(18)21(27)23-13-15-7-6-12-28-15/h2-12H,13-14H2,1H3,(H,23,27). The van der Waals surface area contributed by atoms with E-state index in [1.165, 1.54) is 16.7 Å². The van der Waals surface area contributed by atoms with Gasteiger partial charge in [0.1, 0.15) is 5.76 Å². The fourth-order valence-electron chi connectivity index (χ4n) is 2.90. The number of fused-ring (bicyclic) bond motifs is 1. The third kappa shape index (κ3) is 4.55. The molecule has 2 amide bonds. The van der Waals surface area contributed by atoms with E-state index in [1.54, 1.807) is 55.0 Å². The predicted octanol–water partition coefficient (Wildman–Crippen LogP) is 4.57. The number of amides is 2. The number of rotatable bonds is 7. The second-order valence-electron chi connectivity index (χ2n) is 6.47. The summed E-state index contributed by atoms with van der Waals surface area (Å²) in [5, 5.41) is 2.82. The van der Waals surface area contributed by atoms with Crippen molar-refractivity contribution in [3.63, 3.8) is 0 Å². The van der Waals surface area contributed by atoms with Gasteiger partial charge in [0.25, 0.3) is 5.91 Å². The highest BCUT2D eigenvalue weighted by atomic mass is 32.2. The Morgan fingerprint density at radius 1 is 1.10 bits per heavy atom. The smallest absolute Gasteiger partial charge is 0.253 e. The van der Waals surface area contributed by atoms with Crippen molar-refractivity contribution in [1.29, 1.82) is 0 Å². The van der Waals surface area contributed by atoms with Gasteiger partial charge in [-0.3, -0.25) is 9.59 Å². The van der Waals surface area contributed by atoms with E-state index < -0.39 is 0 Å². The van der Waals surface area contributed by atoms with Crippen molar-refractivity contribution in [2.45, 2.75) is 10.9 Å². The molecule has 8 heteroatoms. The molecule has 2 aromatic heterocycles. The topological polar surface area (TPSA) is 75.4 Å². The molecular formula is C22H19N3O3S2. The summed E-state index contributed by atoms with van der Waals surface area (Å²) < 4.78 is 7.19. The summed E-state index contributed by atoms with van der Waals surface area (Å²) in [5.41, 5.74) is 1.93. The maximum absolute atomic E-state index is 12.8. The van der Waals surface area contributed by atoms with Gasteiger partial charge in [-0.05, 0) is 36.4 Å². The third-order valence-corrected chi connectivity index (χ3v) is 6.64. The van der Waals surface area contributed by atoms with Crippen LogP contribution >= 0.6 is 23.1 Å². The molecule has 4 rings (SSSR count). The van der Waals surface area contributed by atoms with Gasteiger partial charge in [0.15, 0.2) is 4.34 Å². The molecule has 0 aliphatic rings. The van der Waals surface area contributed by atoms with Crippen molar-refractivity contribution >= 4 is 50.8 Å². The van der Waals surface area contributed by atoms with Crippen LogP contribution in [0.1, 0.15) is 16.1 Å². The molecule has 0 aliphatic heterocycles. The molecule has 0 fully saturated rings. The number of thioether (sulfide) groups is 1. The minimum absolute atomic E-state index is 0.106. The van der Waals surface area contributed by atoms with Crippen LogP contribution in [-0.2, 0) is 11.3 Å². The summed E-state index contributed by atoms with van der Waals surface area (Å²) in [6.07, 6.45) is 1.56. The van der Waals surface area contributed by atoms with Crippen molar-refractivity contribution in [1.82, 2.24) is 10.3 Å². The molecule has 0 atom stereocenters. The number of furan rings is 1. The minimum Gasteiger partial charge on any atom is -0.467 e. The van der Waals surface area contributed by atoms with E-state index in [9.17, 15) is 9.59 Å². The number of nitrogens with one attached hydrogen (secondary N) is 1. The van der Waals surface area contributed by atoms with Gasteiger partial charge in [-0.2, -0.15) is 0 Å². The Labute approximate surface area is 181 Å². The van der Waals surface area contributed by atoms with Crippen LogP contribution < -0.4 is 10.2 Å². The summed E-state index contributed by atoms with van der Waals surface area (Å²) in [6, 6.07) is 18.5. The highest BCUT2D eigenvalue weighted by Gasteiger charge is 2.19. The Bertz CT molecular complexity index is 1140. The first-order chi connectivity index (χ1) is 14.6. The predicted molar refractivity (Wildman–Crippen MR) is 120 cm³/mol. The average Bonchev–Trinajstić information content (AvgIpc) is 3.44. The van der Waals surface area contributed by atoms with Gasteiger partial charge < -0.3 is 14.6 Å². The maximum Gasteiger partial charge on any atom is 0.253 e. The van der Waals surface area contributed by atoms with Crippen LogP contribution in [0, 0.1) is 0 Å². The number of carbonyl (C=O) groups is 2. The molecule has 30 heavy (non-hydrogen) atoms. The molecule has 0 aliphatic carbocycles. The SMILES string of the molecule is CN(C(=O)CSc1nc2ccccc2s1)c1ccccc1C(=O)NCc1ccco1. The molecule has 2 aromatic carbocycles.